The van der Waals surface area contributed by atoms with Crippen molar-refractivity contribution in [1.82, 2.24) is 9.97 Å². The molecule has 1 atom stereocenters. The molecule has 0 aliphatic heterocycles. The summed E-state index contributed by atoms with van der Waals surface area (Å²) in [5.74, 6) is 2.88. The van der Waals surface area contributed by atoms with E-state index in [0.717, 1.165) is 28.6 Å². The van der Waals surface area contributed by atoms with E-state index in [9.17, 15) is 0 Å². The predicted molar refractivity (Wildman–Crippen MR) is 61.2 cm³/mol. The van der Waals surface area contributed by atoms with Crippen LogP contribution < -0.4 is 5.73 Å². The second-order valence-corrected chi connectivity index (χ2v) is 4.53. The fourth-order valence-corrected chi connectivity index (χ4v) is 1.76. The monoisotopic (exact) mass is 211 g/mol. The normalized spacial score (nSPS) is 12.9. The second kappa shape index (κ2) is 5.32. The van der Waals surface area contributed by atoms with Gasteiger partial charge in [0.25, 0.3) is 0 Å². The average Bonchev–Trinajstić information content (AvgIpc) is 2.14. The zero-order valence-corrected chi connectivity index (χ0v) is 9.77. The van der Waals surface area contributed by atoms with Gasteiger partial charge in [-0.05, 0) is 19.6 Å². The molecule has 1 rings (SSSR count). The number of nitrogens with zero attached hydrogens (tertiary/aromatic N) is 2. The summed E-state index contributed by atoms with van der Waals surface area (Å²) in [5, 5.41) is 0. The van der Waals surface area contributed by atoms with Crippen molar-refractivity contribution in [1.29, 1.82) is 0 Å². The Hall–Kier alpha value is -0.610. The molecule has 0 aromatic carbocycles. The van der Waals surface area contributed by atoms with Gasteiger partial charge in [-0.2, -0.15) is 11.8 Å². The van der Waals surface area contributed by atoms with Gasteiger partial charge in [-0.25, -0.2) is 9.97 Å². The van der Waals surface area contributed by atoms with E-state index < -0.39 is 0 Å². The molecule has 0 bridgehead atoms. The first-order valence-electron chi connectivity index (χ1n) is 4.81. The molecule has 3 nitrogen and oxygen atoms in total. The van der Waals surface area contributed by atoms with Crippen molar-refractivity contribution in [2.24, 2.45) is 5.73 Å². The topological polar surface area (TPSA) is 51.8 Å². The van der Waals surface area contributed by atoms with Crippen LogP contribution in [0, 0.1) is 6.92 Å². The first kappa shape index (κ1) is 11.5. The number of nitrogens with two attached hydrogens (primary N) is 1. The van der Waals surface area contributed by atoms with Crippen molar-refractivity contribution in [2.75, 3.05) is 5.75 Å². The van der Waals surface area contributed by atoms with E-state index in [1.807, 2.05) is 31.8 Å². The van der Waals surface area contributed by atoms with Gasteiger partial charge >= 0.3 is 0 Å². The molecule has 1 aromatic rings. The average molecular weight is 211 g/mol. The van der Waals surface area contributed by atoms with Crippen LogP contribution >= 0.6 is 11.8 Å². The number of aryl methyl sites for hydroxylation is 1. The quantitative estimate of drug-likeness (QED) is 0.828. The van der Waals surface area contributed by atoms with E-state index in [4.69, 9.17) is 5.73 Å². The highest BCUT2D eigenvalue weighted by Crippen LogP contribution is 2.14. The van der Waals surface area contributed by atoms with Crippen LogP contribution in [0.3, 0.4) is 0 Å². The zero-order valence-electron chi connectivity index (χ0n) is 8.95. The third-order valence-electron chi connectivity index (χ3n) is 1.99. The SMILES string of the molecule is CCSCc1ncc([C@@H](C)N)c(C)n1. The summed E-state index contributed by atoms with van der Waals surface area (Å²) in [6.45, 7) is 6.07. The summed E-state index contributed by atoms with van der Waals surface area (Å²) in [4.78, 5) is 8.71. The van der Waals surface area contributed by atoms with Gasteiger partial charge in [-0.1, -0.05) is 6.92 Å². The van der Waals surface area contributed by atoms with Crippen LogP contribution in [0.2, 0.25) is 0 Å². The Morgan fingerprint density at radius 1 is 1.57 bits per heavy atom. The molecule has 4 heteroatoms. The third-order valence-corrected chi connectivity index (χ3v) is 2.86. The fourth-order valence-electron chi connectivity index (χ4n) is 1.23. The molecule has 0 aliphatic carbocycles. The molecular formula is C10H17N3S. The standard InChI is InChI=1S/C10H17N3S/c1-4-14-6-10-12-5-9(7(2)11)8(3)13-10/h5,7H,4,6,11H2,1-3H3/t7-/m1/s1. The van der Waals surface area contributed by atoms with Gasteiger partial charge in [0.1, 0.15) is 5.82 Å². The minimum absolute atomic E-state index is 0.0166. The fraction of sp³-hybridized carbons (Fsp3) is 0.600. The van der Waals surface area contributed by atoms with Gasteiger partial charge in [0.05, 0.1) is 5.75 Å². The summed E-state index contributed by atoms with van der Waals surface area (Å²) >= 11 is 1.83. The molecule has 0 unspecified atom stereocenters. The molecule has 0 saturated heterocycles. The molecule has 1 aromatic heterocycles. The summed E-state index contributed by atoms with van der Waals surface area (Å²) in [6.07, 6.45) is 1.85. The Labute approximate surface area is 89.5 Å². The summed E-state index contributed by atoms with van der Waals surface area (Å²) in [5.41, 5.74) is 7.82. The Kier molecular flexibility index (Phi) is 4.35. The summed E-state index contributed by atoms with van der Waals surface area (Å²) in [6, 6.07) is 0.0166. The Morgan fingerprint density at radius 3 is 2.79 bits per heavy atom. The van der Waals surface area contributed by atoms with Crippen molar-refractivity contribution >= 4 is 11.8 Å². The highest BCUT2D eigenvalue weighted by Gasteiger charge is 2.06. The van der Waals surface area contributed by atoms with E-state index in [-0.39, 0.29) is 6.04 Å². The predicted octanol–water partition coefficient (Wildman–Crippen LogP) is 2.06. The van der Waals surface area contributed by atoms with E-state index >= 15 is 0 Å². The van der Waals surface area contributed by atoms with Gasteiger partial charge in [-0.3, -0.25) is 0 Å². The van der Waals surface area contributed by atoms with Crippen LogP contribution in [-0.2, 0) is 5.75 Å². The van der Waals surface area contributed by atoms with Crippen LogP contribution in [0.25, 0.3) is 0 Å². The van der Waals surface area contributed by atoms with E-state index in [1.54, 1.807) is 0 Å². The van der Waals surface area contributed by atoms with Gasteiger partial charge < -0.3 is 5.73 Å². The van der Waals surface area contributed by atoms with Crippen LogP contribution in [0.15, 0.2) is 6.20 Å². The molecule has 0 amide bonds. The van der Waals surface area contributed by atoms with Crippen LogP contribution in [0.1, 0.15) is 37.0 Å². The molecule has 14 heavy (non-hydrogen) atoms. The van der Waals surface area contributed by atoms with Crippen molar-refractivity contribution in [3.05, 3.63) is 23.3 Å². The van der Waals surface area contributed by atoms with Crippen molar-refractivity contribution in [2.45, 2.75) is 32.6 Å². The van der Waals surface area contributed by atoms with E-state index in [1.165, 1.54) is 0 Å². The van der Waals surface area contributed by atoms with Gasteiger partial charge in [-0.15, -0.1) is 0 Å². The van der Waals surface area contributed by atoms with E-state index in [2.05, 4.69) is 16.9 Å². The van der Waals surface area contributed by atoms with Gasteiger partial charge in [0.15, 0.2) is 0 Å². The number of rotatable bonds is 4. The number of aromatic nitrogens is 2. The van der Waals surface area contributed by atoms with Crippen molar-refractivity contribution in [3.8, 4) is 0 Å². The lowest BCUT2D eigenvalue weighted by molar-refractivity contribution is 0.781. The number of hydrogen-bond donors (Lipinski definition) is 1. The molecule has 0 fully saturated rings. The lowest BCUT2D eigenvalue weighted by atomic mass is 10.1. The zero-order chi connectivity index (χ0) is 10.6. The van der Waals surface area contributed by atoms with Gasteiger partial charge in [0.2, 0.25) is 0 Å². The van der Waals surface area contributed by atoms with Gasteiger partial charge in [0, 0.05) is 23.5 Å². The number of hydrogen-bond acceptors (Lipinski definition) is 4. The number of thioether (sulfide) groups is 1. The third kappa shape index (κ3) is 2.96. The highest BCUT2D eigenvalue weighted by atomic mass is 32.2. The maximum Gasteiger partial charge on any atom is 0.138 e. The molecule has 2 N–H and O–H groups in total. The molecule has 1 heterocycles. The molecular weight excluding hydrogens is 194 g/mol. The molecule has 0 spiro atoms. The van der Waals surface area contributed by atoms with E-state index in [0.29, 0.717) is 0 Å². The van der Waals surface area contributed by atoms with Crippen molar-refractivity contribution < 1.29 is 0 Å². The lowest BCUT2D eigenvalue weighted by Crippen LogP contribution is -2.10. The Morgan fingerprint density at radius 2 is 2.29 bits per heavy atom. The molecule has 0 aliphatic rings. The first-order chi connectivity index (χ1) is 6.65. The summed E-state index contributed by atoms with van der Waals surface area (Å²) in [7, 11) is 0. The largest absolute Gasteiger partial charge is 0.324 e. The van der Waals surface area contributed by atoms with Crippen LogP contribution in [-0.4, -0.2) is 15.7 Å². The molecule has 78 valence electrons. The lowest BCUT2D eigenvalue weighted by Gasteiger charge is -2.09. The smallest absolute Gasteiger partial charge is 0.138 e. The summed E-state index contributed by atoms with van der Waals surface area (Å²) < 4.78 is 0. The minimum atomic E-state index is 0.0166. The Bertz CT molecular complexity index is 299. The Balaban J connectivity index is 2.78. The highest BCUT2D eigenvalue weighted by molar-refractivity contribution is 7.98. The maximum atomic E-state index is 5.78. The van der Waals surface area contributed by atoms with Crippen LogP contribution in [0.4, 0.5) is 0 Å². The van der Waals surface area contributed by atoms with Crippen molar-refractivity contribution in [3.63, 3.8) is 0 Å². The maximum absolute atomic E-state index is 5.78. The molecule has 0 saturated carbocycles. The molecule has 0 radical (unpaired) electrons. The van der Waals surface area contributed by atoms with Crippen LogP contribution in [0.5, 0.6) is 0 Å². The first-order valence-corrected chi connectivity index (χ1v) is 5.96. The second-order valence-electron chi connectivity index (χ2n) is 3.25. The minimum Gasteiger partial charge on any atom is -0.324 e.